The van der Waals surface area contributed by atoms with Crippen LogP contribution in [0, 0.1) is 5.82 Å². The quantitative estimate of drug-likeness (QED) is 0.870. The van der Waals surface area contributed by atoms with Gasteiger partial charge >= 0.3 is 0 Å². The van der Waals surface area contributed by atoms with Crippen molar-refractivity contribution in [2.45, 2.75) is 26.1 Å². The second-order valence-corrected chi connectivity index (χ2v) is 5.46. The number of rotatable bonds is 6. The van der Waals surface area contributed by atoms with Crippen molar-refractivity contribution in [3.05, 3.63) is 71.0 Å². The van der Waals surface area contributed by atoms with Crippen LogP contribution in [0.4, 0.5) is 4.39 Å². The van der Waals surface area contributed by atoms with Gasteiger partial charge in [-0.2, -0.15) is 0 Å². The molecule has 0 fully saturated rings. The topological polar surface area (TPSA) is 15.3 Å². The lowest BCUT2D eigenvalue weighted by Crippen LogP contribution is -2.22. The van der Waals surface area contributed by atoms with Crippen LogP contribution in [0.25, 0.3) is 0 Å². The van der Waals surface area contributed by atoms with E-state index in [0.717, 1.165) is 18.7 Å². The highest BCUT2D eigenvalue weighted by Crippen LogP contribution is 2.23. The van der Waals surface area contributed by atoms with Gasteiger partial charge in [-0.1, -0.05) is 42.5 Å². The van der Waals surface area contributed by atoms with E-state index in [1.165, 1.54) is 17.2 Å². The maximum Gasteiger partial charge on any atom is 0.127 e. The fourth-order valence-corrected chi connectivity index (χ4v) is 2.52. The minimum atomic E-state index is -0.138. The van der Waals surface area contributed by atoms with E-state index in [4.69, 9.17) is 0 Å². The van der Waals surface area contributed by atoms with Gasteiger partial charge in [-0.15, -0.1) is 0 Å². The fourth-order valence-electron chi connectivity index (χ4n) is 2.52. The van der Waals surface area contributed by atoms with Crippen LogP contribution in [0.2, 0.25) is 0 Å². The Morgan fingerprint density at radius 3 is 2.52 bits per heavy atom. The summed E-state index contributed by atoms with van der Waals surface area (Å²) in [6, 6.07) is 15.5. The Balaban J connectivity index is 2.09. The molecule has 0 aliphatic rings. The first-order valence-electron chi connectivity index (χ1n) is 7.29. The lowest BCUT2D eigenvalue weighted by molar-refractivity contribution is 0.248. The molecule has 1 atom stereocenters. The zero-order chi connectivity index (χ0) is 15.2. The van der Waals surface area contributed by atoms with E-state index < -0.39 is 0 Å². The summed E-state index contributed by atoms with van der Waals surface area (Å²) < 4.78 is 13.9. The van der Waals surface area contributed by atoms with E-state index in [1.807, 2.05) is 33.2 Å². The van der Waals surface area contributed by atoms with Crippen LogP contribution in [0.3, 0.4) is 0 Å². The largest absolute Gasteiger partial charge is 0.316 e. The first kappa shape index (κ1) is 15.7. The van der Waals surface area contributed by atoms with Crippen LogP contribution in [0.15, 0.2) is 48.5 Å². The first-order valence-corrected chi connectivity index (χ1v) is 7.29. The fraction of sp³-hybridized carbons (Fsp3) is 0.333. The van der Waals surface area contributed by atoms with Crippen LogP contribution in [-0.2, 0) is 13.1 Å². The Kier molecular flexibility index (Phi) is 5.48. The van der Waals surface area contributed by atoms with E-state index in [-0.39, 0.29) is 11.9 Å². The summed E-state index contributed by atoms with van der Waals surface area (Å²) in [6.07, 6.45) is 0. The highest BCUT2D eigenvalue weighted by atomic mass is 19.1. The third-order valence-corrected chi connectivity index (χ3v) is 3.82. The van der Waals surface area contributed by atoms with Gasteiger partial charge in [-0.05, 0) is 38.2 Å². The molecule has 0 bridgehead atoms. The standard InChI is InChI=1S/C18H23FN2/c1-14(17-9-4-5-10-18(17)19)21(3)13-16-8-6-7-15(11-16)12-20-2/h4-11,14,20H,12-13H2,1-3H3. The van der Waals surface area contributed by atoms with Crippen molar-refractivity contribution in [3.8, 4) is 0 Å². The number of hydrogen-bond donors (Lipinski definition) is 1. The van der Waals surface area contributed by atoms with Gasteiger partial charge in [0.15, 0.2) is 0 Å². The number of nitrogens with one attached hydrogen (secondary N) is 1. The molecular formula is C18H23FN2. The Morgan fingerprint density at radius 1 is 1.10 bits per heavy atom. The third-order valence-electron chi connectivity index (χ3n) is 3.82. The van der Waals surface area contributed by atoms with Gasteiger partial charge in [0, 0.05) is 24.7 Å². The van der Waals surface area contributed by atoms with Gasteiger partial charge in [0.25, 0.3) is 0 Å². The van der Waals surface area contributed by atoms with Gasteiger partial charge in [-0.25, -0.2) is 4.39 Å². The van der Waals surface area contributed by atoms with Crippen molar-refractivity contribution in [1.82, 2.24) is 10.2 Å². The summed E-state index contributed by atoms with van der Waals surface area (Å²) in [4.78, 5) is 2.16. The molecule has 0 aromatic heterocycles. The predicted molar refractivity (Wildman–Crippen MR) is 85.5 cm³/mol. The van der Waals surface area contributed by atoms with Gasteiger partial charge < -0.3 is 5.32 Å². The summed E-state index contributed by atoms with van der Waals surface area (Å²) in [5.41, 5.74) is 3.25. The zero-order valence-corrected chi connectivity index (χ0v) is 12.9. The minimum absolute atomic E-state index is 0.0409. The molecule has 1 N–H and O–H groups in total. The van der Waals surface area contributed by atoms with Crippen molar-refractivity contribution in [2.24, 2.45) is 0 Å². The van der Waals surface area contributed by atoms with Gasteiger partial charge in [0.1, 0.15) is 5.82 Å². The van der Waals surface area contributed by atoms with E-state index in [9.17, 15) is 4.39 Å². The monoisotopic (exact) mass is 286 g/mol. The Bertz CT molecular complexity index is 583. The summed E-state index contributed by atoms with van der Waals surface area (Å²) in [6.45, 7) is 3.70. The molecule has 1 unspecified atom stereocenters. The van der Waals surface area contributed by atoms with E-state index in [1.54, 1.807) is 6.07 Å². The average molecular weight is 286 g/mol. The molecule has 2 aromatic carbocycles. The first-order chi connectivity index (χ1) is 10.1. The molecule has 0 aliphatic heterocycles. The molecule has 0 saturated carbocycles. The Morgan fingerprint density at radius 2 is 1.81 bits per heavy atom. The molecule has 0 radical (unpaired) electrons. The van der Waals surface area contributed by atoms with Crippen molar-refractivity contribution in [1.29, 1.82) is 0 Å². The summed E-state index contributed by atoms with van der Waals surface area (Å²) >= 11 is 0. The molecule has 2 nitrogen and oxygen atoms in total. The molecule has 0 saturated heterocycles. The minimum Gasteiger partial charge on any atom is -0.316 e. The van der Waals surface area contributed by atoms with Gasteiger partial charge in [-0.3, -0.25) is 4.90 Å². The van der Waals surface area contributed by atoms with Crippen LogP contribution < -0.4 is 5.32 Å². The average Bonchev–Trinajstić information content (AvgIpc) is 2.48. The molecular weight excluding hydrogens is 263 g/mol. The van der Waals surface area contributed by atoms with E-state index in [2.05, 4.69) is 34.5 Å². The molecule has 0 heterocycles. The highest BCUT2D eigenvalue weighted by Gasteiger charge is 2.15. The second kappa shape index (κ2) is 7.34. The summed E-state index contributed by atoms with van der Waals surface area (Å²) in [5.74, 6) is -0.138. The molecule has 2 aromatic rings. The van der Waals surface area contributed by atoms with Gasteiger partial charge in [0.05, 0.1) is 0 Å². The number of benzene rings is 2. The normalized spacial score (nSPS) is 12.6. The maximum atomic E-state index is 13.9. The number of halogens is 1. The molecule has 112 valence electrons. The van der Waals surface area contributed by atoms with Crippen molar-refractivity contribution in [2.75, 3.05) is 14.1 Å². The van der Waals surface area contributed by atoms with Crippen LogP contribution in [-0.4, -0.2) is 19.0 Å². The number of hydrogen-bond acceptors (Lipinski definition) is 2. The molecule has 0 aliphatic carbocycles. The highest BCUT2D eigenvalue weighted by molar-refractivity contribution is 5.24. The predicted octanol–water partition coefficient (Wildman–Crippen LogP) is 3.74. The Hall–Kier alpha value is -1.71. The molecule has 0 amide bonds. The molecule has 21 heavy (non-hydrogen) atoms. The molecule has 3 heteroatoms. The lowest BCUT2D eigenvalue weighted by atomic mass is 10.1. The van der Waals surface area contributed by atoms with Crippen molar-refractivity contribution >= 4 is 0 Å². The van der Waals surface area contributed by atoms with Gasteiger partial charge in [0.2, 0.25) is 0 Å². The number of nitrogens with zero attached hydrogens (tertiary/aromatic N) is 1. The van der Waals surface area contributed by atoms with Crippen molar-refractivity contribution in [3.63, 3.8) is 0 Å². The lowest BCUT2D eigenvalue weighted by Gasteiger charge is -2.25. The summed E-state index contributed by atoms with van der Waals surface area (Å²) in [7, 11) is 3.97. The van der Waals surface area contributed by atoms with Crippen molar-refractivity contribution < 1.29 is 4.39 Å². The van der Waals surface area contributed by atoms with E-state index >= 15 is 0 Å². The third kappa shape index (κ3) is 4.13. The Labute approximate surface area is 126 Å². The zero-order valence-electron chi connectivity index (χ0n) is 12.9. The second-order valence-electron chi connectivity index (χ2n) is 5.46. The van der Waals surface area contributed by atoms with Crippen LogP contribution in [0.5, 0.6) is 0 Å². The van der Waals surface area contributed by atoms with Crippen LogP contribution in [0.1, 0.15) is 29.7 Å². The smallest absolute Gasteiger partial charge is 0.127 e. The SMILES string of the molecule is CNCc1cccc(CN(C)C(C)c2ccccc2F)c1. The molecule has 2 rings (SSSR count). The maximum absolute atomic E-state index is 13.9. The van der Waals surface area contributed by atoms with E-state index in [0.29, 0.717) is 0 Å². The van der Waals surface area contributed by atoms with Crippen LogP contribution >= 0.6 is 0 Å². The molecule has 0 spiro atoms. The summed E-state index contributed by atoms with van der Waals surface area (Å²) in [5, 5.41) is 3.16.